The molecule has 0 aliphatic heterocycles. The molecule has 0 fully saturated rings. The van der Waals surface area contributed by atoms with Crippen LogP contribution >= 0.6 is 0 Å². The fraction of sp³-hybridized carbons (Fsp3) is 0. The number of para-hydroxylation sites is 2. The van der Waals surface area contributed by atoms with Crippen LogP contribution in [0.1, 0.15) is 0 Å². The number of amides is 1. The molecule has 0 aliphatic rings. The smallest absolute Gasteiger partial charge is 0.211 e. The summed E-state index contributed by atoms with van der Waals surface area (Å²) in [4.78, 5) is 9.86. The van der Waals surface area contributed by atoms with Crippen molar-refractivity contribution in [1.29, 1.82) is 0 Å². The third kappa shape index (κ3) is 3.18. The summed E-state index contributed by atoms with van der Waals surface area (Å²) in [6.45, 7) is 0. The summed E-state index contributed by atoms with van der Waals surface area (Å²) < 4.78 is 0. The minimum absolute atomic E-state index is 0.662. The molecule has 1 amide bonds. The highest BCUT2D eigenvalue weighted by Gasteiger charge is 1.88. The molecule has 3 rings (SSSR count). The first-order chi connectivity index (χ1) is 8.90. The fourth-order valence-corrected chi connectivity index (χ4v) is 1.49. The minimum Gasteiger partial charge on any atom is -0.329 e. The van der Waals surface area contributed by atoms with Gasteiger partial charge in [-0.25, -0.2) is 0 Å². The lowest BCUT2D eigenvalue weighted by molar-refractivity contribution is -0.105. The summed E-state index contributed by atoms with van der Waals surface area (Å²) >= 11 is 0. The van der Waals surface area contributed by atoms with E-state index in [-0.39, 0.29) is 0 Å². The summed E-state index contributed by atoms with van der Waals surface area (Å²) in [6.07, 6.45) is 2.48. The highest BCUT2D eigenvalue weighted by molar-refractivity contribution is 5.77. The third-order valence-electron chi connectivity index (χ3n) is 2.35. The average molecular weight is 239 g/mol. The molecule has 3 aromatic rings. The topological polar surface area (TPSA) is 57.8 Å². The fourth-order valence-electron chi connectivity index (χ4n) is 1.49. The number of hydrogen-bond acceptors (Lipinski definition) is 2. The number of carbonyl (C=O) groups is 1. The predicted molar refractivity (Wildman–Crippen MR) is 72.2 cm³/mol. The molecule has 0 spiro atoms. The molecule has 0 saturated heterocycles. The molecule has 0 atom stereocenters. The first-order valence-corrected chi connectivity index (χ1v) is 5.53. The van der Waals surface area contributed by atoms with Gasteiger partial charge < -0.3 is 5.32 Å². The van der Waals surface area contributed by atoms with Crippen molar-refractivity contribution in [2.75, 3.05) is 5.32 Å². The van der Waals surface area contributed by atoms with Crippen molar-refractivity contribution in [2.24, 2.45) is 0 Å². The number of nitrogens with zero attached hydrogens (tertiary/aromatic N) is 1. The molecule has 1 heterocycles. The van der Waals surface area contributed by atoms with E-state index in [0.717, 1.165) is 16.6 Å². The van der Waals surface area contributed by atoms with E-state index in [2.05, 4.69) is 15.5 Å². The zero-order valence-electron chi connectivity index (χ0n) is 9.71. The minimum atomic E-state index is 0.662. The Morgan fingerprint density at radius 1 is 1.00 bits per heavy atom. The Balaban J connectivity index is 0.000000134. The van der Waals surface area contributed by atoms with Crippen LogP contribution in [-0.2, 0) is 4.79 Å². The van der Waals surface area contributed by atoms with Crippen molar-refractivity contribution in [3.05, 3.63) is 60.8 Å². The van der Waals surface area contributed by atoms with Gasteiger partial charge in [0.2, 0.25) is 6.41 Å². The van der Waals surface area contributed by atoms with E-state index in [9.17, 15) is 4.79 Å². The van der Waals surface area contributed by atoms with Crippen molar-refractivity contribution < 1.29 is 4.79 Å². The van der Waals surface area contributed by atoms with Gasteiger partial charge in [0, 0.05) is 11.1 Å². The Bertz CT molecular complexity index is 574. The molecule has 0 unspecified atom stereocenters. The molecule has 0 bridgehead atoms. The molecular formula is C14H13N3O. The van der Waals surface area contributed by atoms with Gasteiger partial charge in [-0.1, -0.05) is 36.4 Å². The van der Waals surface area contributed by atoms with Crippen molar-refractivity contribution in [2.45, 2.75) is 0 Å². The van der Waals surface area contributed by atoms with E-state index in [1.165, 1.54) is 0 Å². The standard InChI is InChI=1S/C7H6N2.C7H7NO/c1-2-4-7-6(3-1)5-8-9-7;9-6-8-7-4-2-1-3-5-7/h1-5H,(H,8,9);1-6H,(H,8,9). The summed E-state index contributed by atoms with van der Waals surface area (Å²) in [5, 5.41) is 10.4. The molecule has 18 heavy (non-hydrogen) atoms. The van der Waals surface area contributed by atoms with Crippen LogP contribution < -0.4 is 5.32 Å². The van der Waals surface area contributed by atoms with Crippen LogP contribution in [0.4, 0.5) is 5.69 Å². The SMILES string of the molecule is O=CNc1ccccc1.c1ccc2[nH]ncc2c1. The van der Waals surface area contributed by atoms with Gasteiger partial charge in [0.25, 0.3) is 0 Å². The van der Waals surface area contributed by atoms with Crippen molar-refractivity contribution in [3.63, 3.8) is 0 Å². The molecule has 0 saturated carbocycles. The number of hydrogen-bond donors (Lipinski definition) is 2. The summed E-state index contributed by atoms with van der Waals surface area (Å²) in [5.74, 6) is 0. The Kier molecular flexibility index (Phi) is 4.08. The maximum absolute atomic E-state index is 9.86. The molecule has 0 aliphatic carbocycles. The highest BCUT2D eigenvalue weighted by Crippen LogP contribution is 2.07. The largest absolute Gasteiger partial charge is 0.329 e. The van der Waals surface area contributed by atoms with Crippen LogP contribution in [0.2, 0.25) is 0 Å². The second-order valence-corrected chi connectivity index (χ2v) is 3.59. The summed E-state index contributed by atoms with van der Waals surface area (Å²) in [6, 6.07) is 17.3. The molecular weight excluding hydrogens is 226 g/mol. The Hall–Kier alpha value is -2.62. The van der Waals surface area contributed by atoms with Gasteiger partial charge in [-0.3, -0.25) is 9.89 Å². The van der Waals surface area contributed by atoms with E-state index in [4.69, 9.17) is 0 Å². The van der Waals surface area contributed by atoms with Gasteiger partial charge in [0.05, 0.1) is 11.7 Å². The number of fused-ring (bicyclic) bond motifs is 1. The second-order valence-electron chi connectivity index (χ2n) is 3.59. The lowest BCUT2D eigenvalue weighted by Gasteiger charge is -1.93. The van der Waals surface area contributed by atoms with Crippen molar-refractivity contribution in [1.82, 2.24) is 10.2 Å². The normalized spacial score (nSPS) is 9.33. The maximum Gasteiger partial charge on any atom is 0.211 e. The Morgan fingerprint density at radius 3 is 2.44 bits per heavy atom. The van der Waals surface area contributed by atoms with Crippen LogP contribution in [0.5, 0.6) is 0 Å². The summed E-state index contributed by atoms with van der Waals surface area (Å²) in [7, 11) is 0. The van der Waals surface area contributed by atoms with E-state index >= 15 is 0 Å². The predicted octanol–water partition coefficient (Wildman–Crippen LogP) is 2.82. The quantitative estimate of drug-likeness (QED) is 0.675. The number of H-pyrrole nitrogens is 1. The van der Waals surface area contributed by atoms with Crippen LogP contribution in [0, 0.1) is 0 Å². The highest BCUT2D eigenvalue weighted by atomic mass is 16.1. The lowest BCUT2D eigenvalue weighted by Crippen LogP contribution is -1.91. The monoisotopic (exact) mass is 239 g/mol. The maximum atomic E-state index is 9.86. The number of carbonyl (C=O) groups excluding carboxylic acids is 1. The average Bonchev–Trinajstić information content (AvgIpc) is 2.89. The Morgan fingerprint density at radius 2 is 1.72 bits per heavy atom. The van der Waals surface area contributed by atoms with Crippen LogP contribution in [0.15, 0.2) is 60.8 Å². The van der Waals surface area contributed by atoms with E-state index < -0.39 is 0 Å². The summed E-state index contributed by atoms with van der Waals surface area (Å²) in [5.41, 5.74) is 1.92. The number of anilines is 1. The van der Waals surface area contributed by atoms with Gasteiger partial charge in [-0.15, -0.1) is 0 Å². The molecule has 2 aromatic carbocycles. The number of rotatable bonds is 2. The molecule has 4 nitrogen and oxygen atoms in total. The number of aromatic amines is 1. The zero-order chi connectivity index (χ0) is 12.6. The third-order valence-corrected chi connectivity index (χ3v) is 2.35. The van der Waals surface area contributed by atoms with Gasteiger partial charge in [-0.05, 0) is 18.2 Å². The van der Waals surface area contributed by atoms with Crippen molar-refractivity contribution in [3.8, 4) is 0 Å². The van der Waals surface area contributed by atoms with Crippen LogP contribution in [-0.4, -0.2) is 16.6 Å². The van der Waals surface area contributed by atoms with E-state index in [1.54, 1.807) is 0 Å². The molecule has 90 valence electrons. The number of aromatic nitrogens is 2. The molecule has 4 heteroatoms. The van der Waals surface area contributed by atoms with Gasteiger partial charge in [-0.2, -0.15) is 5.10 Å². The van der Waals surface area contributed by atoms with E-state index in [1.807, 2.05) is 60.8 Å². The second kappa shape index (κ2) is 6.20. The first kappa shape index (κ1) is 11.9. The Labute approximate surface area is 105 Å². The van der Waals surface area contributed by atoms with E-state index in [0.29, 0.717) is 6.41 Å². The number of benzene rings is 2. The lowest BCUT2D eigenvalue weighted by atomic mass is 10.3. The van der Waals surface area contributed by atoms with Gasteiger partial charge >= 0.3 is 0 Å². The van der Waals surface area contributed by atoms with Crippen LogP contribution in [0.25, 0.3) is 10.9 Å². The molecule has 2 N–H and O–H groups in total. The van der Waals surface area contributed by atoms with Gasteiger partial charge in [0.1, 0.15) is 0 Å². The van der Waals surface area contributed by atoms with Crippen molar-refractivity contribution >= 4 is 23.0 Å². The first-order valence-electron chi connectivity index (χ1n) is 5.53. The zero-order valence-corrected chi connectivity index (χ0v) is 9.71. The van der Waals surface area contributed by atoms with Crippen LogP contribution in [0.3, 0.4) is 0 Å². The molecule has 1 aromatic heterocycles. The number of nitrogens with one attached hydrogen (secondary N) is 2. The molecule has 0 radical (unpaired) electrons. The van der Waals surface area contributed by atoms with Gasteiger partial charge in [0.15, 0.2) is 0 Å².